The number of nitrogens with two attached hydrogens (primary N) is 1. The summed E-state index contributed by atoms with van der Waals surface area (Å²) in [5.41, 5.74) is 10.3. The molecule has 3 N–H and O–H groups in total. The van der Waals surface area contributed by atoms with Crippen molar-refractivity contribution < 1.29 is 4.79 Å². The first-order valence-electron chi connectivity index (χ1n) is 10.4. The zero-order valence-corrected chi connectivity index (χ0v) is 17.3. The molecular weight excluding hydrogens is 394 g/mol. The van der Waals surface area contributed by atoms with Crippen molar-refractivity contribution in [2.75, 3.05) is 11.1 Å². The Labute approximate surface area is 186 Å². The molecule has 0 aliphatic carbocycles. The van der Waals surface area contributed by atoms with E-state index in [4.69, 9.17) is 10.7 Å². The SMILES string of the molecule is Nc1ccccc1NC(=O)c1cc(/C=C/c2ccccc2)nc2c1ccc1ccccc12. The number of nitrogen functional groups attached to an aromatic ring is 1. The first-order chi connectivity index (χ1) is 15.7. The van der Waals surface area contributed by atoms with Crippen molar-refractivity contribution in [3.8, 4) is 0 Å². The number of carbonyl (C=O) groups is 1. The predicted molar refractivity (Wildman–Crippen MR) is 133 cm³/mol. The van der Waals surface area contributed by atoms with Crippen LogP contribution in [0, 0.1) is 0 Å². The molecule has 0 bridgehead atoms. The molecule has 1 amide bonds. The molecule has 0 saturated carbocycles. The third-order valence-corrected chi connectivity index (χ3v) is 5.42. The zero-order valence-electron chi connectivity index (χ0n) is 17.3. The monoisotopic (exact) mass is 415 g/mol. The second kappa shape index (κ2) is 8.36. The number of aromatic nitrogens is 1. The maximum atomic E-state index is 13.3. The minimum atomic E-state index is -0.222. The van der Waals surface area contributed by atoms with Crippen LogP contribution >= 0.6 is 0 Å². The van der Waals surface area contributed by atoms with Gasteiger partial charge < -0.3 is 11.1 Å². The van der Waals surface area contributed by atoms with Crippen LogP contribution in [0.4, 0.5) is 11.4 Å². The Morgan fingerprint density at radius 1 is 0.781 bits per heavy atom. The molecule has 0 fully saturated rings. The summed E-state index contributed by atoms with van der Waals surface area (Å²) in [6.45, 7) is 0. The van der Waals surface area contributed by atoms with Gasteiger partial charge >= 0.3 is 0 Å². The Bertz CT molecular complexity index is 1470. The molecule has 1 heterocycles. The summed E-state index contributed by atoms with van der Waals surface area (Å²) in [5.74, 6) is -0.222. The van der Waals surface area contributed by atoms with E-state index in [9.17, 15) is 4.79 Å². The fourth-order valence-electron chi connectivity index (χ4n) is 3.80. The van der Waals surface area contributed by atoms with Crippen LogP contribution in [0.5, 0.6) is 0 Å². The summed E-state index contributed by atoms with van der Waals surface area (Å²) in [7, 11) is 0. The smallest absolute Gasteiger partial charge is 0.256 e. The maximum Gasteiger partial charge on any atom is 0.256 e. The van der Waals surface area contributed by atoms with Gasteiger partial charge in [-0.15, -0.1) is 0 Å². The van der Waals surface area contributed by atoms with E-state index < -0.39 is 0 Å². The van der Waals surface area contributed by atoms with Crippen molar-refractivity contribution in [1.82, 2.24) is 4.98 Å². The second-order valence-electron chi connectivity index (χ2n) is 7.56. The molecule has 0 radical (unpaired) electrons. The fraction of sp³-hybridized carbons (Fsp3) is 0. The van der Waals surface area contributed by atoms with Crippen molar-refractivity contribution in [3.05, 3.63) is 114 Å². The number of anilines is 2. The second-order valence-corrected chi connectivity index (χ2v) is 7.56. The lowest BCUT2D eigenvalue weighted by Crippen LogP contribution is -2.14. The summed E-state index contributed by atoms with van der Waals surface area (Å²) in [6, 6.07) is 31.1. The fourth-order valence-corrected chi connectivity index (χ4v) is 3.80. The highest BCUT2D eigenvalue weighted by Crippen LogP contribution is 2.28. The van der Waals surface area contributed by atoms with Crippen molar-refractivity contribution >= 4 is 51.1 Å². The van der Waals surface area contributed by atoms with Crippen LogP contribution in [-0.4, -0.2) is 10.9 Å². The van der Waals surface area contributed by atoms with Gasteiger partial charge in [-0.2, -0.15) is 0 Å². The minimum Gasteiger partial charge on any atom is -0.397 e. The topological polar surface area (TPSA) is 68.0 Å². The van der Waals surface area contributed by atoms with E-state index in [1.165, 1.54) is 0 Å². The molecule has 1 aromatic heterocycles. The zero-order chi connectivity index (χ0) is 21.9. The molecule has 0 saturated heterocycles. The average molecular weight is 415 g/mol. The third-order valence-electron chi connectivity index (χ3n) is 5.42. The van der Waals surface area contributed by atoms with Gasteiger partial charge in [0.15, 0.2) is 0 Å². The van der Waals surface area contributed by atoms with Gasteiger partial charge in [0.2, 0.25) is 0 Å². The summed E-state index contributed by atoms with van der Waals surface area (Å²) in [5, 5.41) is 5.84. The molecule has 5 aromatic rings. The summed E-state index contributed by atoms with van der Waals surface area (Å²) < 4.78 is 0. The van der Waals surface area contributed by atoms with Crippen molar-refractivity contribution in [2.24, 2.45) is 0 Å². The highest BCUT2D eigenvalue weighted by atomic mass is 16.1. The molecule has 4 nitrogen and oxygen atoms in total. The lowest BCUT2D eigenvalue weighted by Gasteiger charge is -2.12. The largest absolute Gasteiger partial charge is 0.397 e. The number of carbonyl (C=O) groups excluding carboxylic acids is 1. The summed E-state index contributed by atoms with van der Waals surface area (Å²) in [4.78, 5) is 18.2. The van der Waals surface area contributed by atoms with Gasteiger partial charge in [0.25, 0.3) is 5.91 Å². The van der Waals surface area contributed by atoms with Crippen molar-refractivity contribution in [3.63, 3.8) is 0 Å². The molecule has 0 aliphatic heterocycles. The predicted octanol–water partition coefficient (Wildman–Crippen LogP) is 6.39. The van der Waals surface area contributed by atoms with Crippen LogP contribution in [0.2, 0.25) is 0 Å². The summed E-state index contributed by atoms with van der Waals surface area (Å²) >= 11 is 0. The van der Waals surface area contributed by atoms with Crippen molar-refractivity contribution in [1.29, 1.82) is 0 Å². The van der Waals surface area contributed by atoms with Crippen LogP contribution in [0.1, 0.15) is 21.6 Å². The first kappa shape index (κ1) is 19.5. The van der Waals surface area contributed by atoms with Gasteiger partial charge in [0.1, 0.15) is 0 Å². The third kappa shape index (κ3) is 3.82. The molecule has 5 rings (SSSR count). The lowest BCUT2D eigenvalue weighted by molar-refractivity contribution is 0.102. The van der Waals surface area contributed by atoms with Gasteiger partial charge in [0.05, 0.1) is 28.1 Å². The van der Waals surface area contributed by atoms with Gasteiger partial charge in [0, 0.05) is 10.8 Å². The number of hydrogen-bond donors (Lipinski definition) is 2. The Balaban J connectivity index is 1.66. The number of benzene rings is 4. The van der Waals surface area contributed by atoms with Crippen LogP contribution < -0.4 is 11.1 Å². The lowest BCUT2D eigenvalue weighted by atomic mass is 10.0. The average Bonchev–Trinajstić information content (AvgIpc) is 2.84. The van der Waals surface area contributed by atoms with Crippen LogP contribution in [0.3, 0.4) is 0 Å². The van der Waals surface area contributed by atoms with E-state index in [1.54, 1.807) is 12.1 Å². The molecular formula is C28H21N3O. The van der Waals surface area contributed by atoms with Crippen LogP contribution in [0.25, 0.3) is 33.8 Å². The Morgan fingerprint density at radius 2 is 1.53 bits per heavy atom. The number of para-hydroxylation sites is 2. The minimum absolute atomic E-state index is 0.222. The number of fused-ring (bicyclic) bond motifs is 3. The van der Waals surface area contributed by atoms with E-state index in [0.717, 1.165) is 27.2 Å². The summed E-state index contributed by atoms with van der Waals surface area (Å²) in [6.07, 6.45) is 3.93. The van der Waals surface area contributed by atoms with Gasteiger partial charge in [-0.1, -0.05) is 84.9 Å². The Kier molecular flexibility index (Phi) is 5.10. The number of rotatable bonds is 4. The molecule has 0 spiro atoms. The highest BCUT2D eigenvalue weighted by molar-refractivity contribution is 6.17. The molecule has 32 heavy (non-hydrogen) atoms. The highest BCUT2D eigenvalue weighted by Gasteiger charge is 2.15. The van der Waals surface area contributed by atoms with Crippen LogP contribution in [-0.2, 0) is 0 Å². The number of amides is 1. The quantitative estimate of drug-likeness (QED) is 0.264. The van der Waals surface area contributed by atoms with Crippen molar-refractivity contribution in [2.45, 2.75) is 0 Å². The van der Waals surface area contributed by atoms with E-state index in [1.807, 2.05) is 97.1 Å². The molecule has 154 valence electrons. The van der Waals surface area contributed by atoms with Crippen LogP contribution in [0.15, 0.2) is 97.1 Å². The molecule has 4 aromatic carbocycles. The van der Waals surface area contributed by atoms with E-state index >= 15 is 0 Å². The molecule has 0 atom stereocenters. The normalized spacial score (nSPS) is 11.2. The number of hydrogen-bond acceptors (Lipinski definition) is 3. The van der Waals surface area contributed by atoms with Gasteiger partial charge in [-0.25, -0.2) is 4.98 Å². The number of nitrogens with one attached hydrogen (secondary N) is 1. The van der Waals surface area contributed by atoms with E-state index in [0.29, 0.717) is 22.6 Å². The molecule has 0 unspecified atom stereocenters. The first-order valence-corrected chi connectivity index (χ1v) is 10.4. The maximum absolute atomic E-state index is 13.3. The molecule has 4 heteroatoms. The molecule has 0 aliphatic rings. The van der Waals surface area contributed by atoms with Gasteiger partial charge in [-0.3, -0.25) is 4.79 Å². The van der Waals surface area contributed by atoms with E-state index in [-0.39, 0.29) is 5.91 Å². The van der Waals surface area contributed by atoms with Gasteiger partial charge in [-0.05, 0) is 35.2 Å². The van der Waals surface area contributed by atoms with E-state index in [2.05, 4.69) is 5.32 Å². The number of nitrogens with zero attached hydrogens (tertiary/aromatic N) is 1. The Morgan fingerprint density at radius 3 is 2.38 bits per heavy atom. The Hall–Kier alpha value is -4.44. The number of pyridine rings is 1. The standard InChI is InChI=1S/C28H21N3O/c29-25-12-6-7-13-26(25)31-28(32)24-18-21(16-14-19-8-2-1-3-9-19)30-27-22-11-5-4-10-20(22)15-17-23(24)27/h1-18H,29H2,(H,31,32)/b16-14+.